The van der Waals surface area contributed by atoms with Crippen molar-refractivity contribution in [1.82, 2.24) is 19.9 Å². The van der Waals surface area contributed by atoms with Crippen molar-refractivity contribution in [3.8, 4) is 11.5 Å². The van der Waals surface area contributed by atoms with Crippen LogP contribution in [0.1, 0.15) is 22.1 Å². The number of hydrogen-bond acceptors (Lipinski definition) is 7. The second kappa shape index (κ2) is 7.58. The number of H-pyrrole nitrogens is 1. The molecule has 1 N–H and O–H groups in total. The fourth-order valence-electron chi connectivity index (χ4n) is 2.14. The first-order valence-electron chi connectivity index (χ1n) is 7.47. The Labute approximate surface area is 154 Å². The molecule has 0 unspecified atom stereocenters. The summed E-state index contributed by atoms with van der Waals surface area (Å²) < 4.78 is 13.2. The average Bonchev–Trinajstić information content (AvgIpc) is 3.17. The standard InChI is InChI=1S/C16H17N5O2S2/c1-10-19-20-16(24)21(10)17-7-12-4-5-14(15(6-12)22-3)23-8-13-9-25-11(2)18-13/h4-7,9H,8H2,1-3H3,(H,20,24)/b17-7-. The molecular weight excluding hydrogens is 358 g/mol. The molecule has 0 bridgehead atoms. The molecule has 9 heteroatoms. The van der Waals surface area contributed by atoms with E-state index < -0.39 is 0 Å². The van der Waals surface area contributed by atoms with Crippen molar-refractivity contribution in [3.05, 3.63) is 50.4 Å². The smallest absolute Gasteiger partial charge is 0.216 e. The molecule has 25 heavy (non-hydrogen) atoms. The monoisotopic (exact) mass is 375 g/mol. The summed E-state index contributed by atoms with van der Waals surface area (Å²) in [5, 5.41) is 14.0. The highest BCUT2D eigenvalue weighted by molar-refractivity contribution is 7.71. The first-order valence-corrected chi connectivity index (χ1v) is 8.76. The zero-order valence-corrected chi connectivity index (χ0v) is 15.6. The second-order valence-corrected chi connectivity index (χ2v) is 6.64. The Bertz CT molecular complexity index is 958. The molecule has 0 radical (unpaired) electrons. The largest absolute Gasteiger partial charge is 0.493 e. The summed E-state index contributed by atoms with van der Waals surface area (Å²) in [5.41, 5.74) is 1.76. The van der Waals surface area contributed by atoms with E-state index in [1.807, 2.05) is 37.4 Å². The van der Waals surface area contributed by atoms with E-state index in [9.17, 15) is 0 Å². The van der Waals surface area contributed by atoms with Crippen LogP contribution in [0.3, 0.4) is 0 Å². The number of methoxy groups -OCH3 is 1. The van der Waals surface area contributed by atoms with Crippen LogP contribution in [0.5, 0.6) is 11.5 Å². The molecule has 0 spiro atoms. The van der Waals surface area contributed by atoms with Crippen LogP contribution in [-0.4, -0.2) is 33.2 Å². The molecule has 0 atom stereocenters. The lowest BCUT2D eigenvalue weighted by molar-refractivity contribution is 0.281. The molecule has 7 nitrogen and oxygen atoms in total. The second-order valence-electron chi connectivity index (χ2n) is 5.19. The molecule has 130 valence electrons. The Balaban J connectivity index is 1.76. The number of nitrogens with zero attached hydrogens (tertiary/aromatic N) is 4. The van der Waals surface area contributed by atoms with Crippen LogP contribution in [0.2, 0.25) is 0 Å². The maximum Gasteiger partial charge on any atom is 0.216 e. The van der Waals surface area contributed by atoms with Crippen molar-refractivity contribution in [2.24, 2.45) is 5.10 Å². The number of hydrogen-bond donors (Lipinski definition) is 1. The molecule has 2 heterocycles. The fourth-order valence-corrected chi connectivity index (χ4v) is 2.96. The Morgan fingerprint density at radius 3 is 2.84 bits per heavy atom. The van der Waals surface area contributed by atoms with E-state index in [0.29, 0.717) is 28.7 Å². The van der Waals surface area contributed by atoms with Gasteiger partial charge < -0.3 is 9.47 Å². The van der Waals surface area contributed by atoms with E-state index in [2.05, 4.69) is 20.3 Å². The summed E-state index contributed by atoms with van der Waals surface area (Å²) in [7, 11) is 1.60. The van der Waals surface area contributed by atoms with E-state index >= 15 is 0 Å². The molecule has 0 fully saturated rings. The van der Waals surface area contributed by atoms with Crippen LogP contribution in [0.15, 0.2) is 28.7 Å². The lowest BCUT2D eigenvalue weighted by Gasteiger charge is -2.10. The van der Waals surface area contributed by atoms with Gasteiger partial charge in [-0.25, -0.2) is 4.98 Å². The third kappa shape index (κ3) is 4.12. The molecule has 3 rings (SSSR count). The molecule has 0 aliphatic carbocycles. The molecule has 0 saturated carbocycles. The lowest BCUT2D eigenvalue weighted by atomic mass is 10.2. The molecule has 1 aromatic carbocycles. The normalized spacial score (nSPS) is 11.2. The van der Waals surface area contributed by atoms with Gasteiger partial charge in [-0.15, -0.1) is 11.3 Å². The third-order valence-electron chi connectivity index (χ3n) is 3.36. The van der Waals surface area contributed by atoms with Gasteiger partial charge in [0.25, 0.3) is 0 Å². The first kappa shape index (κ1) is 17.3. The van der Waals surface area contributed by atoms with Crippen molar-refractivity contribution in [2.75, 3.05) is 7.11 Å². The number of thiazole rings is 1. The molecular formula is C16H17N5O2S2. The minimum absolute atomic E-state index is 0.400. The van der Waals surface area contributed by atoms with E-state index in [-0.39, 0.29) is 0 Å². The molecule has 3 aromatic rings. The summed E-state index contributed by atoms with van der Waals surface area (Å²) in [6.07, 6.45) is 1.69. The van der Waals surface area contributed by atoms with Crippen molar-refractivity contribution < 1.29 is 9.47 Å². The van der Waals surface area contributed by atoms with Gasteiger partial charge in [0, 0.05) is 5.38 Å². The number of rotatable bonds is 6. The van der Waals surface area contributed by atoms with Crippen LogP contribution in [0.25, 0.3) is 0 Å². The Hall–Kier alpha value is -2.52. The number of nitrogens with one attached hydrogen (secondary N) is 1. The Morgan fingerprint density at radius 1 is 1.36 bits per heavy atom. The molecule has 0 aliphatic heterocycles. The number of aromatic nitrogens is 4. The van der Waals surface area contributed by atoms with Gasteiger partial charge in [0.1, 0.15) is 12.4 Å². The zero-order chi connectivity index (χ0) is 17.8. The zero-order valence-electron chi connectivity index (χ0n) is 14.0. The predicted octanol–water partition coefficient (Wildman–Crippen LogP) is 3.48. The van der Waals surface area contributed by atoms with E-state index in [0.717, 1.165) is 16.3 Å². The van der Waals surface area contributed by atoms with Gasteiger partial charge >= 0.3 is 0 Å². The van der Waals surface area contributed by atoms with Gasteiger partial charge in [-0.1, -0.05) is 0 Å². The maximum atomic E-state index is 5.81. The van der Waals surface area contributed by atoms with E-state index in [1.165, 1.54) is 0 Å². The summed E-state index contributed by atoms with van der Waals surface area (Å²) in [6.45, 7) is 4.19. The van der Waals surface area contributed by atoms with Gasteiger partial charge in [0.2, 0.25) is 4.77 Å². The number of aryl methyl sites for hydroxylation is 2. The van der Waals surface area contributed by atoms with Crippen LogP contribution < -0.4 is 9.47 Å². The molecule has 2 aromatic heterocycles. The third-order valence-corrected chi connectivity index (χ3v) is 4.45. The highest BCUT2D eigenvalue weighted by Gasteiger charge is 2.07. The SMILES string of the molecule is COc1cc(/C=N\n2c(C)n[nH]c2=S)ccc1OCc1csc(C)n1. The Morgan fingerprint density at radius 2 is 2.20 bits per heavy atom. The number of aromatic amines is 1. The summed E-state index contributed by atoms with van der Waals surface area (Å²) in [4.78, 5) is 4.38. The van der Waals surface area contributed by atoms with Gasteiger partial charge in [0.15, 0.2) is 11.5 Å². The average molecular weight is 375 g/mol. The van der Waals surface area contributed by atoms with Crippen LogP contribution in [-0.2, 0) is 6.61 Å². The van der Waals surface area contributed by atoms with E-state index in [1.54, 1.807) is 29.3 Å². The quantitative estimate of drug-likeness (QED) is 0.527. The van der Waals surface area contributed by atoms with Crippen molar-refractivity contribution in [3.63, 3.8) is 0 Å². The van der Waals surface area contributed by atoms with Crippen molar-refractivity contribution in [2.45, 2.75) is 20.5 Å². The first-order chi connectivity index (χ1) is 12.1. The van der Waals surface area contributed by atoms with Crippen LogP contribution in [0.4, 0.5) is 0 Å². The minimum atomic E-state index is 0.400. The minimum Gasteiger partial charge on any atom is -0.493 e. The summed E-state index contributed by atoms with van der Waals surface area (Å²) in [5.74, 6) is 1.97. The molecule has 0 saturated heterocycles. The Kier molecular flexibility index (Phi) is 5.25. The molecule has 0 amide bonds. The highest BCUT2D eigenvalue weighted by atomic mass is 32.1. The number of benzene rings is 1. The predicted molar refractivity (Wildman–Crippen MR) is 99.3 cm³/mol. The van der Waals surface area contributed by atoms with Gasteiger partial charge in [-0.05, 0) is 49.8 Å². The van der Waals surface area contributed by atoms with Crippen molar-refractivity contribution >= 4 is 29.8 Å². The van der Waals surface area contributed by atoms with Crippen LogP contribution in [0, 0.1) is 18.6 Å². The lowest BCUT2D eigenvalue weighted by Crippen LogP contribution is -1.99. The van der Waals surface area contributed by atoms with Crippen molar-refractivity contribution in [1.29, 1.82) is 0 Å². The maximum absolute atomic E-state index is 5.81. The molecule has 0 aliphatic rings. The number of ether oxygens (including phenoxy) is 2. The summed E-state index contributed by atoms with van der Waals surface area (Å²) in [6, 6.07) is 5.59. The van der Waals surface area contributed by atoms with Crippen LogP contribution >= 0.6 is 23.6 Å². The fraction of sp³-hybridized carbons (Fsp3) is 0.250. The topological polar surface area (TPSA) is 77.3 Å². The van der Waals surface area contributed by atoms with Gasteiger partial charge in [-0.2, -0.15) is 14.9 Å². The van der Waals surface area contributed by atoms with Gasteiger partial charge in [-0.3, -0.25) is 5.10 Å². The van der Waals surface area contributed by atoms with E-state index in [4.69, 9.17) is 21.7 Å². The summed E-state index contributed by atoms with van der Waals surface area (Å²) >= 11 is 6.72. The van der Waals surface area contributed by atoms with Gasteiger partial charge in [0.05, 0.1) is 24.0 Å². The highest BCUT2D eigenvalue weighted by Crippen LogP contribution is 2.28.